The molecule has 0 aromatic heterocycles. The maximum absolute atomic E-state index is 6.30. The quantitative estimate of drug-likeness (QED) is 0.760. The summed E-state index contributed by atoms with van der Waals surface area (Å²) in [7, 11) is 0. The van der Waals surface area contributed by atoms with Crippen LogP contribution in [0.1, 0.15) is 51.1 Å². The summed E-state index contributed by atoms with van der Waals surface area (Å²) in [4.78, 5) is 0. The Balaban J connectivity index is 1.99. The molecule has 0 aliphatic heterocycles. The van der Waals surface area contributed by atoms with Crippen molar-refractivity contribution < 1.29 is 0 Å². The van der Waals surface area contributed by atoms with E-state index in [0.29, 0.717) is 11.1 Å². The first-order valence-corrected chi connectivity index (χ1v) is 8.05. The molecule has 1 fully saturated rings. The molecule has 2 rings (SSSR count). The summed E-state index contributed by atoms with van der Waals surface area (Å²) in [5.74, 6) is 1.67. The van der Waals surface area contributed by atoms with Crippen molar-refractivity contribution in [2.75, 3.05) is 6.54 Å². The van der Waals surface area contributed by atoms with Crippen LogP contribution in [0.5, 0.6) is 0 Å². The van der Waals surface area contributed by atoms with Crippen molar-refractivity contribution in [2.24, 2.45) is 11.8 Å². The van der Waals surface area contributed by atoms with Crippen molar-refractivity contribution in [1.82, 2.24) is 5.32 Å². The van der Waals surface area contributed by atoms with Crippen LogP contribution in [0.25, 0.3) is 0 Å². The first-order valence-electron chi connectivity index (χ1n) is 7.30. The first-order chi connectivity index (χ1) is 9.11. The summed E-state index contributed by atoms with van der Waals surface area (Å²) in [5.41, 5.74) is 1.17. The predicted octanol–water partition coefficient (Wildman–Crippen LogP) is 5.47. The van der Waals surface area contributed by atoms with E-state index in [9.17, 15) is 0 Å². The molecule has 3 heteroatoms. The average Bonchev–Trinajstić information content (AvgIpc) is 2.78. The third-order valence-electron chi connectivity index (χ3n) is 4.41. The van der Waals surface area contributed by atoms with Crippen LogP contribution in [0.3, 0.4) is 0 Å². The number of hydrogen-bond acceptors (Lipinski definition) is 1. The van der Waals surface area contributed by atoms with Crippen LogP contribution >= 0.6 is 23.2 Å². The van der Waals surface area contributed by atoms with Crippen molar-refractivity contribution in [3.05, 3.63) is 33.8 Å². The highest BCUT2D eigenvalue weighted by atomic mass is 35.5. The maximum atomic E-state index is 6.30. The van der Waals surface area contributed by atoms with Gasteiger partial charge < -0.3 is 5.32 Å². The fourth-order valence-electron chi connectivity index (χ4n) is 3.08. The van der Waals surface area contributed by atoms with Gasteiger partial charge in [-0.3, -0.25) is 0 Å². The molecule has 1 saturated carbocycles. The predicted molar refractivity (Wildman–Crippen MR) is 84.0 cm³/mol. The van der Waals surface area contributed by atoms with Gasteiger partial charge in [0.1, 0.15) is 0 Å². The Labute approximate surface area is 126 Å². The number of halogens is 2. The van der Waals surface area contributed by atoms with Crippen LogP contribution in [-0.2, 0) is 0 Å². The Morgan fingerprint density at radius 3 is 2.68 bits per heavy atom. The lowest BCUT2D eigenvalue weighted by molar-refractivity contribution is 0.365. The SMILES string of the molecule is CCC(NCC1CCCC1C)c1ccc(Cl)cc1Cl. The molecule has 1 aromatic carbocycles. The summed E-state index contributed by atoms with van der Waals surface area (Å²) in [6, 6.07) is 6.13. The molecule has 106 valence electrons. The molecule has 1 aliphatic carbocycles. The molecule has 3 unspecified atom stereocenters. The molecule has 3 atom stereocenters. The molecule has 0 spiro atoms. The largest absolute Gasteiger partial charge is 0.310 e. The zero-order chi connectivity index (χ0) is 13.8. The second kappa shape index (κ2) is 6.97. The fourth-order valence-corrected chi connectivity index (χ4v) is 3.62. The smallest absolute Gasteiger partial charge is 0.0468 e. The summed E-state index contributed by atoms with van der Waals surface area (Å²) in [6.07, 6.45) is 5.16. The molecular formula is C16H23Cl2N. The van der Waals surface area contributed by atoms with Crippen molar-refractivity contribution in [1.29, 1.82) is 0 Å². The van der Waals surface area contributed by atoms with E-state index in [4.69, 9.17) is 23.2 Å². The van der Waals surface area contributed by atoms with E-state index in [1.807, 2.05) is 18.2 Å². The van der Waals surface area contributed by atoms with Crippen LogP contribution in [0, 0.1) is 11.8 Å². The highest BCUT2D eigenvalue weighted by molar-refractivity contribution is 6.35. The van der Waals surface area contributed by atoms with Crippen molar-refractivity contribution >= 4 is 23.2 Å². The van der Waals surface area contributed by atoms with Gasteiger partial charge in [-0.05, 0) is 48.9 Å². The third kappa shape index (κ3) is 3.87. The zero-order valence-corrected chi connectivity index (χ0v) is 13.3. The summed E-state index contributed by atoms with van der Waals surface area (Å²) in [6.45, 7) is 5.66. The molecule has 1 aromatic rings. The molecule has 0 bridgehead atoms. The lowest BCUT2D eigenvalue weighted by Crippen LogP contribution is -2.28. The Kier molecular flexibility index (Phi) is 5.56. The second-order valence-electron chi connectivity index (χ2n) is 5.70. The van der Waals surface area contributed by atoms with Gasteiger partial charge in [-0.1, -0.05) is 56.0 Å². The molecule has 0 saturated heterocycles. The monoisotopic (exact) mass is 299 g/mol. The van der Waals surface area contributed by atoms with Gasteiger partial charge in [0.15, 0.2) is 0 Å². The first kappa shape index (κ1) is 15.2. The van der Waals surface area contributed by atoms with Crippen LogP contribution in [0.15, 0.2) is 18.2 Å². The van der Waals surface area contributed by atoms with E-state index in [1.165, 1.54) is 24.8 Å². The van der Waals surface area contributed by atoms with Crippen LogP contribution < -0.4 is 5.32 Å². The molecule has 1 aliphatic rings. The van der Waals surface area contributed by atoms with Gasteiger partial charge in [0.2, 0.25) is 0 Å². The van der Waals surface area contributed by atoms with Crippen LogP contribution in [0.4, 0.5) is 0 Å². The number of rotatable bonds is 5. The van der Waals surface area contributed by atoms with Gasteiger partial charge >= 0.3 is 0 Å². The molecule has 0 heterocycles. The molecule has 0 radical (unpaired) electrons. The van der Waals surface area contributed by atoms with Crippen molar-refractivity contribution in [3.8, 4) is 0 Å². The lowest BCUT2D eigenvalue weighted by atomic mass is 9.96. The Bertz CT molecular complexity index is 419. The highest BCUT2D eigenvalue weighted by Crippen LogP contribution is 2.32. The fraction of sp³-hybridized carbons (Fsp3) is 0.625. The standard InChI is InChI=1S/C16H23Cl2N/c1-3-16(14-8-7-13(17)9-15(14)18)19-10-12-6-4-5-11(12)2/h7-9,11-12,16,19H,3-6,10H2,1-2H3. The van der Waals surface area contributed by atoms with Gasteiger partial charge in [0.05, 0.1) is 0 Å². The van der Waals surface area contributed by atoms with Gasteiger partial charge in [0.25, 0.3) is 0 Å². The van der Waals surface area contributed by atoms with E-state index in [1.54, 1.807) is 0 Å². The van der Waals surface area contributed by atoms with Crippen molar-refractivity contribution in [2.45, 2.75) is 45.6 Å². The van der Waals surface area contributed by atoms with E-state index in [0.717, 1.165) is 29.8 Å². The summed E-state index contributed by atoms with van der Waals surface area (Å²) >= 11 is 12.3. The highest BCUT2D eigenvalue weighted by Gasteiger charge is 2.24. The van der Waals surface area contributed by atoms with Crippen molar-refractivity contribution in [3.63, 3.8) is 0 Å². The number of nitrogens with one attached hydrogen (secondary N) is 1. The number of benzene rings is 1. The second-order valence-corrected chi connectivity index (χ2v) is 6.55. The Morgan fingerprint density at radius 2 is 2.11 bits per heavy atom. The minimum Gasteiger partial charge on any atom is -0.310 e. The lowest BCUT2D eigenvalue weighted by Gasteiger charge is -2.23. The van der Waals surface area contributed by atoms with E-state index < -0.39 is 0 Å². The summed E-state index contributed by atoms with van der Waals surface area (Å²) in [5, 5.41) is 5.16. The van der Waals surface area contributed by atoms with E-state index in [2.05, 4.69) is 19.2 Å². The maximum Gasteiger partial charge on any atom is 0.0468 e. The van der Waals surface area contributed by atoms with Gasteiger partial charge in [-0.2, -0.15) is 0 Å². The minimum absolute atomic E-state index is 0.331. The van der Waals surface area contributed by atoms with E-state index >= 15 is 0 Å². The molecule has 19 heavy (non-hydrogen) atoms. The zero-order valence-electron chi connectivity index (χ0n) is 11.8. The molecule has 0 amide bonds. The normalized spacial score (nSPS) is 24.6. The van der Waals surface area contributed by atoms with E-state index in [-0.39, 0.29) is 0 Å². The average molecular weight is 300 g/mol. The minimum atomic E-state index is 0.331. The third-order valence-corrected chi connectivity index (χ3v) is 4.97. The van der Waals surface area contributed by atoms with Gasteiger partial charge in [0, 0.05) is 16.1 Å². The van der Waals surface area contributed by atoms with Gasteiger partial charge in [-0.25, -0.2) is 0 Å². The number of hydrogen-bond donors (Lipinski definition) is 1. The van der Waals surface area contributed by atoms with Crippen LogP contribution in [0.2, 0.25) is 10.0 Å². The molecule has 1 nitrogen and oxygen atoms in total. The molecule has 1 N–H and O–H groups in total. The summed E-state index contributed by atoms with van der Waals surface area (Å²) < 4.78 is 0. The molecular weight excluding hydrogens is 277 g/mol. The topological polar surface area (TPSA) is 12.0 Å². The Hall–Kier alpha value is -0.240. The van der Waals surface area contributed by atoms with Gasteiger partial charge in [-0.15, -0.1) is 0 Å². The van der Waals surface area contributed by atoms with Crippen LogP contribution in [-0.4, -0.2) is 6.54 Å². The Morgan fingerprint density at radius 1 is 1.32 bits per heavy atom.